The number of carbonyl (C=O) groups is 2. The molecule has 34 heavy (non-hydrogen) atoms. The number of hydrogen-bond donors (Lipinski definition) is 1. The molecular formula is C23H25BrN6O4. The van der Waals surface area contributed by atoms with E-state index in [1.54, 1.807) is 35.2 Å². The minimum atomic E-state index is -0.548. The summed E-state index contributed by atoms with van der Waals surface area (Å²) in [5.41, 5.74) is 0.759. The molecule has 11 heteroatoms. The average Bonchev–Trinajstić information content (AvgIpc) is 3.29. The fourth-order valence-corrected chi connectivity index (χ4v) is 3.85. The summed E-state index contributed by atoms with van der Waals surface area (Å²) < 4.78 is 11.5. The lowest BCUT2D eigenvalue weighted by atomic mass is 9.98. The summed E-state index contributed by atoms with van der Waals surface area (Å²) >= 11 is 3.25. The van der Waals surface area contributed by atoms with E-state index in [0.717, 1.165) is 12.8 Å². The maximum absolute atomic E-state index is 12.4. The van der Waals surface area contributed by atoms with Gasteiger partial charge in [-0.05, 0) is 73.8 Å². The molecule has 1 atom stereocenters. The van der Waals surface area contributed by atoms with Crippen molar-refractivity contribution in [1.29, 1.82) is 0 Å². The Kier molecular flexibility index (Phi) is 6.92. The van der Waals surface area contributed by atoms with E-state index in [1.165, 1.54) is 6.20 Å². The maximum Gasteiger partial charge on any atom is 0.410 e. The van der Waals surface area contributed by atoms with Crippen LogP contribution in [0.1, 0.15) is 55.9 Å². The Morgan fingerprint density at radius 3 is 2.74 bits per heavy atom. The van der Waals surface area contributed by atoms with E-state index < -0.39 is 5.60 Å². The van der Waals surface area contributed by atoms with Gasteiger partial charge in [0.15, 0.2) is 0 Å². The van der Waals surface area contributed by atoms with Gasteiger partial charge in [-0.3, -0.25) is 9.78 Å². The minimum Gasteiger partial charge on any atom is -0.444 e. The number of likely N-dealkylation sites (tertiary alicyclic amines) is 1. The summed E-state index contributed by atoms with van der Waals surface area (Å²) in [5.74, 6) is 0.391. The molecule has 1 N–H and O–H groups in total. The van der Waals surface area contributed by atoms with Gasteiger partial charge in [-0.25, -0.2) is 9.78 Å². The Bertz CT molecular complexity index is 1170. The molecule has 4 rings (SSSR count). The zero-order chi connectivity index (χ0) is 24.3. The Morgan fingerprint density at radius 1 is 1.21 bits per heavy atom. The summed E-state index contributed by atoms with van der Waals surface area (Å²) in [5, 5.41) is 6.81. The van der Waals surface area contributed by atoms with Crippen LogP contribution in [0.25, 0.3) is 11.5 Å². The van der Waals surface area contributed by atoms with Gasteiger partial charge >= 0.3 is 6.09 Å². The van der Waals surface area contributed by atoms with Crippen molar-refractivity contribution in [2.45, 2.75) is 45.1 Å². The number of pyridine rings is 2. The quantitative estimate of drug-likeness (QED) is 0.485. The monoisotopic (exact) mass is 528 g/mol. The second-order valence-corrected chi connectivity index (χ2v) is 9.77. The highest BCUT2D eigenvalue weighted by Gasteiger charge is 2.31. The highest BCUT2D eigenvalue weighted by atomic mass is 79.9. The molecule has 0 bridgehead atoms. The molecule has 2 amide bonds. The van der Waals surface area contributed by atoms with E-state index in [-0.39, 0.29) is 23.6 Å². The fraction of sp³-hybridized carbons (Fsp3) is 0.391. The van der Waals surface area contributed by atoms with Crippen LogP contribution in [0.3, 0.4) is 0 Å². The first kappa shape index (κ1) is 23.8. The predicted molar refractivity (Wildman–Crippen MR) is 127 cm³/mol. The van der Waals surface area contributed by atoms with Crippen LogP contribution in [0.5, 0.6) is 0 Å². The number of piperidine rings is 1. The number of aromatic nitrogens is 4. The van der Waals surface area contributed by atoms with Crippen molar-refractivity contribution in [2.24, 2.45) is 0 Å². The van der Waals surface area contributed by atoms with Gasteiger partial charge in [0.1, 0.15) is 21.6 Å². The van der Waals surface area contributed by atoms with E-state index in [4.69, 9.17) is 9.26 Å². The summed E-state index contributed by atoms with van der Waals surface area (Å²) in [7, 11) is 0. The molecule has 1 aliphatic heterocycles. The van der Waals surface area contributed by atoms with Crippen LogP contribution in [0.4, 0.5) is 10.5 Å². The van der Waals surface area contributed by atoms with Crippen LogP contribution in [0.2, 0.25) is 0 Å². The van der Waals surface area contributed by atoms with Crippen LogP contribution < -0.4 is 5.32 Å². The highest BCUT2D eigenvalue weighted by Crippen LogP contribution is 2.28. The lowest BCUT2D eigenvalue weighted by Crippen LogP contribution is -2.42. The largest absolute Gasteiger partial charge is 0.444 e. The molecule has 178 valence electrons. The molecule has 0 aliphatic carbocycles. The summed E-state index contributed by atoms with van der Waals surface area (Å²) in [6, 6.07) is 8.51. The van der Waals surface area contributed by atoms with Gasteiger partial charge in [0.25, 0.3) is 5.91 Å². The molecule has 1 fully saturated rings. The first-order valence-corrected chi connectivity index (χ1v) is 11.7. The molecule has 10 nitrogen and oxygen atoms in total. The molecule has 0 spiro atoms. The topological polar surface area (TPSA) is 123 Å². The first-order chi connectivity index (χ1) is 16.2. The molecule has 4 heterocycles. The average molecular weight is 529 g/mol. The van der Waals surface area contributed by atoms with Crippen molar-refractivity contribution in [2.75, 3.05) is 18.4 Å². The lowest BCUT2D eigenvalue weighted by Gasteiger charge is -2.32. The molecule has 0 radical (unpaired) electrons. The molecule has 1 aliphatic rings. The van der Waals surface area contributed by atoms with Gasteiger partial charge in [0, 0.05) is 13.1 Å². The minimum absolute atomic E-state index is 0.0706. The van der Waals surface area contributed by atoms with Gasteiger partial charge in [-0.15, -0.1) is 0 Å². The molecule has 3 aromatic rings. The van der Waals surface area contributed by atoms with Crippen molar-refractivity contribution >= 4 is 33.6 Å². The third-order valence-electron chi connectivity index (χ3n) is 5.06. The number of carbonyl (C=O) groups excluding carboxylic acids is 2. The summed E-state index contributed by atoms with van der Waals surface area (Å²) in [6.07, 6.45) is 2.84. The molecule has 0 aromatic carbocycles. The zero-order valence-electron chi connectivity index (χ0n) is 19.1. The number of hydrogen-bond acceptors (Lipinski definition) is 8. The first-order valence-electron chi connectivity index (χ1n) is 10.9. The van der Waals surface area contributed by atoms with E-state index in [0.29, 0.717) is 40.8 Å². The summed E-state index contributed by atoms with van der Waals surface area (Å²) in [4.78, 5) is 39.4. The molecular weight excluding hydrogens is 504 g/mol. The third-order valence-corrected chi connectivity index (χ3v) is 5.50. The third kappa shape index (κ3) is 5.96. The molecule has 0 saturated carbocycles. The SMILES string of the molecule is CC(C)(C)OC(=O)N1CCC[C@H](c2nc(-c3ccc(NC(=O)c4cccc(Br)n4)cn3)no2)C1. The number of rotatable bonds is 4. The van der Waals surface area contributed by atoms with Crippen LogP contribution in [-0.2, 0) is 4.74 Å². The van der Waals surface area contributed by atoms with Gasteiger partial charge in [-0.2, -0.15) is 4.98 Å². The van der Waals surface area contributed by atoms with Crippen molar-refractivity contribution in [3.05, 3.63) is 52.7 Å². The molecule has 1 saturated heterocycles. The van der Waals surface area contributed by atoms with Crippen LogP contribution >= 0.6 is 15.9 Å². The van der Waals surface area contributed by atoms with Crippen molar-refractivity contribution in [3.8, 4) is 11.5 Å². The maximum atomic E-state index is 12.4. The van der Waals surface area contributed by atoms with E-state index >= 15 is 0 Å². The van der Waals surface area contributed by atoms with Crippen LogP contribution in [0, 0.1) is 0 Å². The number of anilines is 1. The van der Waals surface area contributed by atoms with Crippen LogP contribution in [-0.4, -0.2) is 55.7 Å². The molecule has 3 aromatic heterocycles. The number of amides is 2. The normalized spacial score (nSPS) is 16.2. The Morgan fingerprint density at radius 2 is 2.03 bits per heavy atom. The smallest absolute Gasteiger partial charge is 0.410 e. The zero-order valence-corrected chi connectivity index (χ0v) is 20.7. The van der Waals surface area contributed by atoms with Crippen molar-refractivity contribution < 1.29 is 18.8 Å². The van der Waals surface area contributed by atoms with Crippen molar-refractivity contribution in [3.63, 3.8) is 0 Å². The number of ether oxygens (including phenoxy) is 1. The second-order valence-electron chi connectivity index (χ2n) is 8.95. The fourth-order valence-electron chi connectivity index (χ4n) is 3.51. The predicted octanol–water partition coefficient (Wildman–Crippen LogP) is 4.66. The van der Waals surface area contributed by atoms with E-state index in [1.807, 2.05) is 20.8 Å². The summed E-state index contributed by atoms with van der Waals surface area (Å²) in [6.45, 7) is 6.63. The van der Waals surface area contributed by atoms with Gasteiger partial charge in [0.05, 0.1) is 17.8 Å². The van der Waals surface area contributed by atoms with E-state index in [2.05, 4.69) is 41.4 Å². The van der Waals surface area contributed by atoms with Crippen LogP contribution in [0.15, 0.2) is 45.7 Å². The number of nitrogens with zero attached hydrogens (tertiary/aromatic N) is 5. The Hall–Kier alpha value is -3.34. The van der Waals surface area contributed by atoms with Gasteiger partial charge < -0.3 is 19.5 Å². The lowest BCUT2D eigenvalue weighted by molar-refractivity contribution is 0.0189. The van der Waals surface area contributed by atoms with Gasteiger partial charge in [0.2, 0.25) is 11.7 Å². The highest BCUT2D eigenvalue weighted by molar-refractivity contribution is 9.10. The van der Waals surface area contributed by atoms with Crippen molar-refractivity contribution in [1.82, 2.24) is 25.0 Å². The Balaban J connectivity index is 1.40. The number of halogens is 1. The van der Waals surface area contributed by atoms with Gasteiger partial charge in [-0.1, -0.05) is 11.2 Å². The number of nitrogens with one attached hydrogen (secondary N) is 1. The Labute approximate surface area is 205 Å². The standard InChI is InChI=1S/C23H25BrN6O4/c1-23(2,3)33-22(32)30-11-5-6-14(13-30)21-28-19(29-34-21)16-10-9-15(12-25-16)26-20(31)17-7-4-8-18(24)27-17/h4,7-10,12,14H,5-6,11,13H2,1-3H3,(H,26,31)/t14-/m0/s1. The second kappa shape index (κ2) is 9.88. The molecule has 0 unspecified atom stereocenters. The van der Waals surface area contributed by atoms with E-state index in [9.17, 15) is 9.59 Å².